The van der Waals surface area contributed by atoms with E-state index in [2.05, 4.69) is 19.9 Å². The molecule has 0 radical (unpaired) electrons. The number of hydrogen-bond acceptors (Lipinski definition) is 3. The van der Waals surface area contributed by atoms with Crippen LogP contribution in [-0.2, 0) is 16.4 Å². The summed E-state index contributed by atoms with van der Waals surface area (Å²) in [4.78, 5) is 0.352. The van der Waals surface area contributed by atoms with Crippen molar-refractivity contribution in [3.63, 3.8) is 0 Å². The van der Waals surface area contributed by atoms with E-state index in [0.29, 0.717) is 36.7 Å². The van der Waals surface area contributed by atoms with E-state index in [1.807, 2.05) is 12.1 Å². The molecule has 1 aromatic carbocycles. The summed E-state index contributed by atoms with van der Waals surface area (Å²) in [5.74, 6) is 0.544. The third kappa shape index (κ3) is 3.84. The number of benzene rings is 1. The van der Waals surface area contributed by atoms with Crippen molar-refractivity contribution in [2.75, 3.05) is 13.1 Å². The summed E-state index contributed by atoms with van der Waals surface area (Å²) in [6, 6.07) is 9.41. The minimum atomic E-state index is -3.41. The van der Waals surface area contributed by atoms with Gasteiger partial charge in [0.2, 0.25) is 10.0 Å². The van der Waals surface area contributed by atoms with E-state index in [-0.39, 0.29) is 5.92 Å². The van der Waals surface area contributed by atoms with E-state index >= 15 is 0 Å². The molecule has 1 saturated heterocycles. The Hall–Kier alpha value is -1.38. The lowest BCUT2D eigenvalue weighted by atomic mass is 10.0. The highest BCUT2D eigenvalue weighted by Crippen LogP contribution is 2.24. The molecule has 1 heterocycles. The second-order valence-electron chi connectivity index (χ2n) is 6.05. The van der Waals surface area contributed by atoms with Gasteiger partial charge in [-0.25, -0.2) is 8.42 Å². The molecule has 21 heavy (non-hydrogen) atoms. The predicted molar refractivity (Wildman–Crippen MR) is 82.1 cm³/mol. The average molecular weight is 306 g/mol. The second-order valence-corrected chi connectivity index (χ2v) is 7.99. The molecule has 0 saturated carbocycles. The highest BCUT2D eigenvalue weighted by Gasteiger charge is 2.29. The topological polar surface area (TPSA) is 61.2 Å². The van der Waals surface area contributed by atoms with Crippen LogP contribution in [0.25, 0.3) is 0 Å². The van der Waals surface area contributed by atoms with Crippen LogP contribution in [0.2, 0.25) is 0 Å². The molecule has 4 nitrogen and oxygen atoms in total. The van der Waals surface area contributed by atoms with E-state index in [0.717, 1.165) is 12.0 Å². The fourth-order valence-corrected chi connectivity index (χ4v) is 4.11. The summed E-state index contributed by atoms with van der Waals surface area (Å²) in [6.45, 7) is 5.16. The maximum absolute atomic E-state index is 12.6. The van der Waals surface area contributed by atoms with Crippen LogP contribution in [0.15, 0.2) is 29.2 Å². The average Bonchev–Trinajstić information content (AvgIpc) is 2.47. The van der Waals surface area contributed by atoms with Crippen molar-refractivity contribution < 1.29 is 8.42 Å². The molecule has 2 rings (SSSR count). The van der Waals surface area contributed by atoms with Gasteiger partial charge >= 0.3 is 0 Å². The Morgan fingerprint density at radius 3 is 2.29 bits per heavy atom. The monoisotopic (exact) mass is 306 g/mol. The van der Waals surface area contributed by atoms with Gasteiger partial charge in [0, 0.05) is 19.0 Å². The van der Waals surface area contributed by atoms with Gasteiger partial charge in [-0.3, -0.25) is 0 Å². The predicted octanol–water partition coefficient (Wildman–Crippen LogP) is 2.81. The van der Waals surface area contributed by atoms with Gasteiger partial charge < -0.3 is 0 Å². The number of sulfonamides is 1. The Morgan fingerprint density at radius 2 is 1.81 bits per heavy atom. The summed E-state index contributed by atoms with van der Waals surface area (Å²) in [6.07, 6.45) is 2.20. The van der Waals surface area contributed by atoms with Crippen molar-refractivity contribution in [3.05, 3.63) is 29.8 Å². The van der Waals surface area contributed by atoms with Gasteiger partial charge in [-0.2, -0.15) is 9.57 Å². The number of piperidine rings is 1. The van der Waals surface area contributed by atoms with Crippen molar-refractivity contribution in [2.24, 2.45) is 11.8 Å². The summed E-state index contributed by atoms with van der Waals surface area (Å²) in [5.41, 5.74) is 1.16. The van der Waals surface area contributed by atoms with Crippen LogP contribution in [0.4, 0.5) is 0 Å². The Labute approximate surface area is 127 Å². The molecule has 0 aromatic heterocycles. The fraction of sp³-hybridized carbons (Fsp3) is 0.562. The van der Waals surface area contributed by atoms with Crippen molar-refractivity contribution in [1.82, 2.24) is 4.31 Å². The van der Waals surface area contributed by atoms with Crippen LogP contribution in [-0.4, -0.2) is 25.8 Å². The smallest absolute Gasteiger partial charge is 0.207 e. The van der Waals surface area contributed by atoms with Crippen molar-refractivity contribution >= 4 is 10.0 Å². The standard InChI is InChI=1S/C16H22N2O2S/c1-13(2)11-14-3-5-16(6-4-14)21(19,20)18-9-7-15(12-17)8-10-18/h3-6,13,15H,7-11H2,1-2H3. The van der Waals surface area contributed by atoms with E-state index in [9.17, 15) is 8.42 Å². The molecule has 1 fully saturated rings. The first-order valence-electron chi connectivity index (χ1n) is 7.42. The highest BCUT2D eigenvalue weighted by molar-refractivity contribution is 7.89. The lowest BCUT2D eigenvalue weighted by molar-refractivity contribution is 0.310. The molecule has 1 aliphatic heterocycles. The van der Waals surface area contributed by atoms with E-state index < -0.39 is 10.0 Å². The highest BCUT2D eigenvalue weighted by atomic mass is 32.2. The number of hydrogen-bond donors (Lipinski definition) is 0. The van der Waals surface area contributed by atoms with Crippen molar-refractivity contribution in [2.45, 2.75) is 38.0 Å². The van der Waals surface area contributed by atoms with Gasteiger partial charge in [-0.05, 0) is 42.9 Å². The Bertz CT molecular complexity index is 607. The number of rotatable bonds is 4. The first-order chi connectivity index (χ1) is 9.93. The van der Waals surface area contributed by atoms with E-state index in [4.69, 9.17) is 5.26 Å². The molecule has 0 aliphatic carbocycles. The minimum absolute atomic E-state index is 0.00938. The van der Waals surface area contributed by atoms with Crippen molar-refractivity contribution in [3.8, 4) is 6.07 Å². The number of nitrogens with zero attached hydrogens (tertiary/aromatic N) is 2. The van der Waals surface area contributed by atoms with Gasteiger partial charge in [-0.1, -0.05) is 26.0 Å². The Balaban J connectivity index is 2.11. The first-order valence-corrected chi connectivity index (χ1v) is 8.86. The molecular formula is C16H22N2O2S. The van der Waals surface area contributed by atoms with Gasteiger partial charge in [0.1, 0.15) is 0 Å². The molecule has 1 aliphatic rings. The van der Waals surface area contributed by atoms with E-state index in [1.54, 1.807) is 12.1 Å². The summed E-state index contributed by atoms with van der Waals surface area (Å²) >= 11 is 0. The van der Waals surface area contributed by atoms with Crippen LogP contribution in [0, 0.1) is 23.2 Å². The molecule has 0 amide bonds. The van der Waals surface area contributed by atoms with Gasteiger partial charge in [0.25, 0.3) is 0 Å². The SMILES string of the molecule is CC(C)Cc1ccc(S(=O)(=O)N2CCC(C#N)CC2)cc1. The first kappa shape index (κ1) is 16.0. The third-order valence-corrected chi connectivity index (χ3v) is 5.75. The molecule has 0 atom stereocenters. The van der Waals surface area contributed by atoms with Crippen LogP contribution in [0.1, 0.15) is 32.3 Å². The summed E-state index contributed by atoms with van der Waals surface area (Å²) in [7, 11) is -3.41. The molecule has 0 bridgehead atoms. The Kier molecular flexibility index (Phi) is 5.02. The zero-order valence-electron chi connectivity index (χ0n) is 12.6. The Morgan fingerprint density at radius 1 is 1.24 bits per heavy atom. The zero-order chi connectivity index (χ0) is 15.5. The molecule has 0 N–H and O–H groups in total. The largest absolute Gasteiger partial charge is 0.243 e. The van der Waals surface area contributed by atoms with Gasteiger partial charge in [0.15, 0.2) is 0 Å². The summed E-state index contributed by atoms with van der Waals surface area (Å²) < 4.78 is 26.6. The van der Waals surface area contributed by atoms with Crippen LogP contribution in [0.5, 0.6) is 0 Å². The maximum atomic E-state index is 12.6. The lowest BCUT2D eigenvalue weighted by Crippen LogP contribution is -2.38. The van der Waals surface area contributed by atoms with Gasteiger partial charge in [0.05, 0.1) is 11.0 Å². The minimum Gasteiger partial charge on any atom is -0.207 e. The molecule has 0 unspecified atom stereocenters. The van der Waals surface area contributed by atoms with Gasteiger partial charge in [-0.15, -0.1) is 0 Å². The number of nitriles is 1. The fourth-order valence-electron chi connectivity index (χ4n) is 2.64. The molecule has 114 valence electrons. The maximum Gasteiger partial charge on any atom is 0.243 e. The normalized spacial score (nSPS) is 17.8. The molecular weight excluding hydrogens is 284 g/mol. The van der Waals surface area contributed by atoms with Crippen LogP contribution >= 0.6 is 0 Å². The van der Waals surface area contributed by atoms with Crippen LogP contribution in [0.3, 0.4) is 0 Å². The molecule has 0 spiro atoms. The third-order valence-electron chi connectivity index (χ3n) is 3.84. The lowest BCUT2D eigenvalue weighted by Gasteiger charge is -2.28. The quantitative estimate of drug-likeness (QED) is 0.859. The summed E-state index contributed by atoms with van der Waals surface area (Å²) in [5, 5.41) is 8.88. The van der Waals surface area contributed by atoms with Crippen molar-refractivity contribution in [1.29, 1.82) is 5.26 Å². The van der Waals surface area contributed by atoms with E-state index in [1.165, 1.54) is 4.31 Å². The molecule has 1 aromatic rings. The van der Waals surface area contributed by atoms with Crippen LogP contribution < -0.4 is 0 Å². The molecule has 5 heteroatoms. The second kappa shape index (κ2) is 6.59. The zero-order valence-corrected chi connectivity index (χ0v) is 13.4.